The Bertz CT molecular complexity index is 2120. The molecule has 3 aliphatic rings. The molecule has 4 atom stereocenters. The average molecular weight is 725 g/mol. The highest BCUT2D eigenvalue weighted by atomic mass is 35.5. The molecule has 8 rings (SSSR count). The molecule has 13 heteroatoms. The number of amides is 1. The number of anilines is 2. The molecule has 5 aromatic rings. The van der Waals surface area contributed by atoms with Gasteiger partial charge in [-0.25, -0.2) is 24.1 Å². The van der Waals surface area contributed by atoms with E-state index in [-0.39, 0.29) is 40.3 Å². The third-order valence-electron chi connectivity index (χ3n) is 10.5. The number of benzene rings is 3. The lowest BCUT2D eigenvalue weighted by Gasteiger charge is -2.47. The van der Waals surface area contributed by atoms with Crippen molar-refractivity contribution in [2.75, 3.05) is 30.6 Å². The van der Waals surface area contributed by atoms with Gasteiger partial charge in [-0.2, -0.15) is 0 Å². The maximum Gasteiger partial charge on any atom is 0.407 e. The van der Waals surface area contributed by atoms with Gasteiger partial charge in [0.05, 0.1) is 48.7 Å². The lowest BCUT2D eigenvalue weighted by molar-refractivity contribution is 0.0707. The quantitative estimate of drug-likeness (QED) is 0.173. The molecule has 3 aromatic carbocycles. The number of pyridine rings is 1. The van der Waals surface area contributed by atoms with Crippen LogP contribution in [0.4, 0.5) is 20.7 Å². The van der Waals surface area contributed by atoms with Crippen LogP contribution in [-0.2, 0) is 13.1 Å². The topological polar surface area (TPSA) is 113 Å². The van der Waals surface area contributed by atoms with Gasteiger partial charge < -0.3 is 29.1 Å². The number of carboxylic acid groups (broad SMARTS) is 1. The number of fused-ring (bicyclic) bond motifs is 5. The van der Waals surface area contributed by atoms with E-state index in [1.807, 2.05) is 73.3 Å². The first kappa shape index (κ1) is 33.8. The molecule has 0 saturated carbocycles. The van der Waals surface area contributed by atoms with E-state index >= 15 is 4.39 Å². The Hall–Kier alpha value is -5.36. The van der Waals surface area contributed by atoms with Crippen molar-refractivity contribution in [1.82, 2.24) is 19.9 Å². The normalized spacial score (nSPS) is 20.3. The van der Waals surface area contributed by atoms with E-state index in [9.17, 15) is 9.90 Å². The Labute approximate surface area is 305 Å². The van der Waals surface area contributed by atoms with Gasteiger partial charge in [0.15, 0.2) is 5.82 Å². The number of rotatable bonds is 8. The van der Waals surface area contributed by atoms with Gasteiger partial charge in [-0.15, -0.1) is 0 Å². The van der Waals surface area contributed by atoms with Crippen LogP contribution in [0.15, 0.2) is 67.0 Å². The van der Waals surface area contributed by atoms with Crippen molar-refractivity contribution in [3.05, 3.63) is 94.5 Å². The minimum atomic E-state index is -0.934. The summed E-state index contributed by atoms with van der Waals surface area (Å²) in [5.41, 5.74) is 3.93. The third-order valence-corrected chi connectivity index (χ3v) is 10.9. The number of halogens is 2. The number of methoxy groups -OCH3 is 2. The number of piperazine rings is 1. The van der Waals surface area contributed by atoms with Crippen LogP contribution in [0.2, 0.25) is 5.02 Å². The third kappa shape index (κ3) is 5.75. The van der Waals surface area contributed by atoms with Gasteiger partial charge in [-0.05, 0) is 79.8 Å². The molecular weight excluding hydrogens is 687 g/mol. The lowest BCUT2D eigenvalue weighted by atomic mass is 9.98. The SMILES string of the molecule is COc1ccc(CN(Cc2ccc(OC)cc2)c2cc(C)cc(-c3nc4c5c(ncnc5c3Cl)N3CC5CCC(C3C(C)O4)N5C(=O)O)c2F)cc1. The van der Waals surface area contributed by atoms with Gasteiger partial charge in [0, 0.05) is 25.2 Å². The Morgan fingerprint density at radius 1 is 1.02 bits per heavy atom. The number of aromatic nitrogens is 3. The molecule has 2 saturated heterocycles. The molecular formula is C39H38ClFN6O5. The predicted octanol–water partition coefficient (Wildman–Crippen LogP) is 7.50. The maximum atomic E-state index is 17.2. The molecule has 11 nitrogen and oxygen atoms in total. The Morgan fingerprint density at radius 3 is 2.29 bits per heavy atom. The zero-order valence-corrected chi connectivity index (χ0v) is 30.0. The van der Waals surface area contributed by atoms with Crippen LogP contribution < -0.4 is 24.0 Å². The molecule has 5 heterocycles. The highest BCUT2D eigenvalue weighted by molar-refractivity contribution is 6.38. The minimum Gasteiger partial charge on any atom is -0.497 e. The van der Waals surface area contributed by atoms with E-state index < -0.39 is 18.0 Å². The standard InChI is InChI=1S/C39H38ClFN6O5/c1-21-15-28(33(41)30(16-21)45(17-23-5-10-26(50-3)11-6-23)18-24-7-12-27(51-4)13-8-24)34-32(40)35-31-37(43-20-42-35)46-19-25-9-14-29(47(25)39(48)49)36(46)22(2)52-38(31)44-34/h5-8,10-13,15-16,20,22,25,29,36H,9,14,17-19H2,1-4H3,(H,48,49). The van der Waals surface area contributed by atoms with Gasteiger partial charge in [-0.3, -0.25) is 4.90 Å². The van der Waals surface area contributed by atoms with Crippen LogP contribution >= 0.6 is 11.6 Å². The smallest absolute Gasteiger partial charge is 0.407 e. The van der Waals surface area contributed by atoms with Gasteiger partial charge in [-0.1, -0.05) is 35.9 Å². The van der Waals surface area contributed by atoms with Crippen molar-refractivity contribution in [3.8, 4) is 28.6 Å². The fourth-order valence-electron chi connectivity index (χ4n) is 8.14. The second-order valence-corrected chi connectivity index (χ2v) is 14.0. The highest BCUT2D eigenvalue weighted by Crippen LogP contribution is 2.47. The molecule has 2 aromatic heterocycles. The van der Waals surface area contributed by atoms with Crippen LogP contribution in [0.3, 0.4) is 0 Å². The van der Waals surface area contributed by atoms with E-state index in [1.54, 1.807) is 25.2 Å². The summed E-state index contributed by atoms with van der Waals surface area (Å²) in [6, 6.07) is 18.2. The summed E-state index contributed by atoms with van der Waals surface area (Å²) in [7, 11) is 3.24. The molecule has 1 N–H and O–H groups in total. The van der Waals surface area contributed by atoms with Crippen LogP contribution in [-0.4, -0.2) is 76.0 Å². The number of carbonyl (C=O) groups is 1. The first-order chi connectivity index (χ1) is 25.1. The van der Waals surface area contributed by atoms with Crippen molar-refractivity contribution < 1.29 is 28.5 Å². The predicted molar refractivity (Wildman–Crippen MR) is 196 cm³/mol. The van der Waals surface area contributed by atoms with Crippen molar-refractivity contribution in [2.24, 2.45) is 0 Å². The average Bonchev–Trinajstić information content (AvgIpc) is 3.40. The second-order valence-electron chi connectivity index (χ2n) is 13.7. The van der Waals surface area contributed by atoms with Gasteiger partial charge in [0.25, 0.3) is 0 Å². The highest BCUT2D eigenvalue weighted by Gasteiger charge is 2.53. The minimum absolute atomic E-state index is 0.168. The zero-order chi connectivity index (χ0) is 36.3. The fourth-order valence-corrected chi connectivity index (χ4v) is 8.43. The number of hydrogen-bond acceptors (Lipinski definition) is 9. The van der Waals surface area contributed by atoms with Gasteiger partial charge >= 0.3 is 6.09 Å². The number of aryl methyl sites for hydroxylation is 1. The molecule has 268 valence electrons. The molecule has 2 bridgehead atoms. The van der Waals surface area contributed by atoms with Crippen LogP contribution in [0, 0.1) is 12.7 Å². The van der Waals surface area contributed by atoms with Crippen molar-refractivity contribution in [2.45, 2.75) is 64.0 Å². The van der Waals surface area contributed by atoms with Crippen LogP contribution in [0.25, 0.3) is 22.2 Å². The second kappa shape index (κ2) is 13.3. The summed E-state index contributed by atoms with van der Waals surface area (Å²) < 4.78 is 34.5. The van der Waals surface area contributed by atoms with E-state index in [4.69, 9.17) is 30.8 Å². The Kier molecular flexibility index (Phi) is 8.65. The summed E-state index contributed by atoms with van der Waals surface area (Å²) in [4.78, 5) is 32.1. The van der Waals surface area contributed by atoms with E-state index in [0.717, 1.165) is 41.0 Å². The Morgan fingerprint density at radius 2 is 1.67 bits per heavy atom. The number of ether oxygens (including phenoxy) is 3. The monoisotopic (exact) mass is 724 g/mol. The molecule has 0 radical (unpaired) electrons. The molecule has 0 aliphatic carbocycles. The zero-order valence-electron chi connectivity index (χ0n) is 29.2. The lowest BCUT2D eigenvalue weighted by Crippen LogP contribution is -2.64. The number of nitrogens with zero attached hydrogens (tertiary/aromatic N) is 6. The summed E-state index contributed by atoms with van der Waals surface area (Å²) in [6.07, 6.45) is 1.53. The molecule has 4 unspecified atom stereocenters. The van der Waals surface area contributed by atoms with E-state index in [0.29, 0.717) is 42.0 Å². The fraction of sp³-hybridized carbons (Fsp3) is 0.333. The van der Waals surface area contributed by atoms with Gasteiger partial charge in [0.1, 0.15) is 40.7 Å². The summed E-state index contributed by atoms with van der Waals surface area (Å²) in [6.45, 7) is 5.10. The van der Waals surface area contributed by atoms with Crippen LogP contribution in [0.5, 0.6) is 17.4 Å². The first-order valence-corrected chi connectivity index (χ1v) is 17.6. The molecule has 3 aliphatic heterocycles. The van der Waals surface area contributed by atoms with Crippen molar-refractivity contribution in [1.29, 1.82) is 0 Å². The summed E-state index contributed by atoms with van der Waals surface area (Å²) in [5, 5.41) is 10.8. The Balaban J connectivity index is 1.23. The number of hydrogen-bond donors (Lipinski definition) is 1. The summed E-state index contributed by atoms with van der Waals surface area (Å²) in [5.74, 6) is 1.81. The summed E-state index contributed by atoms with van der Waals surface area (Å²) >= 11 is 7.16. The largest absolute Gasteiger partial charge is 0.497 e. The van der Waals surface area contributed by atoms with Crippen LogP contribution in [0.1, 0.15) is 36.5 Å². The maximum absolute atomic E-state index is 17.2. The van der Waals surface area contributed by atoms with Crippen molar-refractivity contribution >= 4 is 40.1 Å². The molecule has 52 heavy (non-hydrogen) atoms. The molecule has 0 spiro atoms. The molecule has 1 amide bonds. The van der Waals surface area contributed by atoms with Crippen molar-refractivity contribution in [3.63, 3.8) is 0 Å². The van der Waals surface area contributed by atoms with E-state index in [2.05, 4.69) is 14.9 Å². The van der Waals surface area contributed by atoms with E-state index in [1.165, 1.54) is 6.33 Å². The first-order valence-electron chi connectivity index (χ1n) is 17.2. The molecule has 2 fully saturated rings. The van der Waals surface area contributed by atoms with Gasteiger partial charge in [0.2, 0.25) is 5.88 Å².